The fraction of sp³-hybridized carbons (Fsp3) is 0. The quantitative estimate of drug-likeness (QED) is 0.758. The van der Waals surface area contributed by atoms with Crippen LogP contribution in [0.1, 0.15) is 0 Å². The van der Waals surface area contributed by atoms with E-state index in [1.165, 1.54) is 30.3 Å². The maximum Gasteiger partial charge on any atom is 0.324 e. The minimum Gasteiger partial charge on any atom is -0.506 e. The van der Waals surface area contributed by atoms with Crippen LogP contribution in [0.25, 0.3) is 0 Å². The van der Waals surface area contributed by atoms with Crippen molar-refractivity contribution in [2.24, 2.45) is 5.73 Å². The van der Waals surface area contributed by atoms with Gasteiger partial charge in [0.25, 0.3) is 0 Å². The van der Waals surface area contributed by atoms with Crippen LogP contribution in [-0.2, 0) is 0 Å². The van der Waals surface area contributed by atoms with Crippen molar-refractivity contribution in [3.63, 3.8) is 0 Å². The summed E-state index contributed by atoms with van der Waals surface area (Å²) in [6, 6.07) is 5.66. The lowest BCUT2D eigenvalue weighted by atomic mass is 10.2. The molecule has 2 aromatic carbocycles. The first-order valence-electron chi connectivity index (χ1n) is 5.57. The van der Waals surface area contributed by atoms with Crippen LogP contribution in [0.2, 0.25) is 15.1 Å². The summed E-state index contributed by atoms with van der Waals surface area (Å²) in [4.78, 5) is 12.7. The van der Waals surface area contributed by atoms with Crippen molar-refractivity contribution in [3.05, 3.63) is 45.4 Å². The predicted octanol–water partition coefficient (Wildman–Crippen LogP) is 4.27. The first-order valence-corrected chi connectivity index (χ1v) is 6.70. The van der Waals surface area contributed by atoms with E-state index in [0.717, 1.165) is 4.90 Å². The van der Waals surface area contributed by atoms with Gasteiger partial charge in [-0.1, -0.05) is 34.8 Å². The smallest absolute Gasteiger partial charge is 0.324 e. The Hall–Kier alpha value is -1.82. The Morgan fingerprint density at radius 3 is 2.14 bits per heavy atom. The largest absolute Gasteiger partial charge is 0.506 e. The molecule has 0 aliphatic heterocycles. The number of phenolic OH excluding ortho intramolecular Hbond substituents is 2. The Bertz CT molecular complexity index is 722. The van der Waals surface area contributed by atoms with Crippen molar-refractivity contribution in [2.45, 2.75) is 0 Å². The van der Waals surface area contributed by atoms with Crippen molar-refractivity contribution in [3.8, 4) is 11.5 Å². The summed E-state index contributed by atoms with van der Waals surface area (Å²) in [5, 5.41) is 19.9. The van der Waals surface area contributed by atoms with Gasteiger partial charge in [-0.25, -0.2) is 4.79 Å². The summed E-state index contributed by atoms with van der Waals surface area (Å²) >= 11 is 17.4. The lowest BCUT2D eigenvalue weighted by Gasteiger charge is -2.22. The zero-order valence-electron chi connectivity index (χ0n) is 10.3. The first-order chi connectivity index (χ1) is 9.81. The molecule has 0 radical (unpaired) electrons. The standard InChI is InChI=1S/C13H9Cl3N2O3/c14-7-2-1-6(3-11(7)19)18(13(17)21)10-4-8(15)9(16)5-12(10)20/h1-5,19-20H,(H2,17,21). The van der Waals surface area contributed by atoms with Gasteiger partial charge in [-0.15, -0.1) is 0 Å². The first kappa shape index (κ1) is 15.6. The summed E-state index contributed by atoms with van der Waals surface area (Å²) in [5.41, 5.74) is 5.56. The van der Waals surface area contributed by atoms with E-state index >= 15 is 0 Å². The molecule has 2 rings (SSSR count). The van der Waals surface area contributed by atoms with Gasteiger partial charge in [-0.2, -0.15) is 0 Å². The number of amides is 2. The Morgan fingerprint density at radius 1 is 0.952 bits per heavy atom. The Balaban J connectivity index is 2.61. The fourth-order valence-corrected chi connectivity index (χ4v) is 2.16. The second-order valence-electron chi connectivity index (χ2n) is 4.06. The second-order valence-corrected chi connectivity index (χ2v) is 5.29. The molecule has 0 unspecified atom stereocenters. The zero-order valence-corrected chi connectivity index (χ0v) is 12.6. The number of primary amides is 1. The molecule has 8 heteroatoms. The van der Waals surface area contributed by atoms with Crippen molar-refractivity contribution in [1.82, 2.24) is 0 Å². The topological polar surface area (TPSA) is 86.8 Å². The molecule has 0 spiro atoms. The third-order valence-corrected chi connectivity index (χ3v) is 3.71. The molecule has 5 nitrogen and oxygen atoms in total. The fourth-order valence-electron chi connectivity index (χ4n) is 1.73. The van der Waals surface area contributed by atoms with Gasteiger partial charge in [-0.3, -0.25) is 4.90 Å². The number of aromatic hydroxyl groups is 2. The number of nitrogens with zero attached hydrogens (tertiary/aromatic N) is 1. The second kappa shape index (κ2) is 5.89. The lowest BCUT2D eigenvalue weighted by molar-refractivity contribution is 0.256. The van der Waals surface area contributed by atoms with Gasteiger partial charge in [0.1, 0.15) is 11.5 Å². The van der Waals surface area contributed by atoms with E-state index < -0.39 is 6.03 Å². The molecule has 0 aromatic heterocycles. The minimum absolute atomic E-state index is 0.0265. The average molecular weight is 348 g/mol. The number of nitrogens with two attached hydrogens (primary N) is 1. The number of benzene rings is 2. The number of halogens is 3. The summed E-state index contributed by atoms with van der Waals surface area (Å²) in [5.74, 6) is -0.530. The van der Waals surface area contributed by atoms with Gasteiger partial charge < -0.3 is 15.9 Å². The van der Waals surface area contributed by atoms with Gasteiger partial charge in [0, 0.05) is 12.1 Å². The van der Waals surface area contributed by atoms with Crippen LogP contribution >= 0.6 is 34.8 Å². The van der Waals surface area contributed by atoms with E-state index in [1.54, 1.807) is 0 Å². The molecule has 0 fully saturated rings. The molecule has 0 aliphatic carbocycles. The van der Waals surface area contributed by atoms with Crippen LogP contribution in [0.5, 0.6) is 11.5 Å². The highest BCUT2D eigenvalue weighted by Crippen LogP contribution is 2.40. The average Bonchev–Trinajstić information content (AvgIpc) is 2.39. The molecule has 0 aliphatic rings. The molecule has 2 aromatic rings. The highest BCUT2D eigenvalue weighted by atomic mass is 35.5. The number of anilines is 2. The van der Waals surface area contributed by atoms with Crippen LogP contribution in [-0.4, -0.2) is 16.2 Å². The van der Waals surface area contributed by atoms with Crippen LogP contribution in [0.4, 0.5) is 16.2 Å². The van der Waals surface area contributed by atoms with Crippen LogP contribution in [0.15, 0.2) is 30.3 Å². The predicted molar refractivity (Wildman–Crippen MR) is 83.0 cm³/mol. The lowest BCUT2D eigenvalue weighted by Crippen LogP contribution is -2.31. The summed E-state index contributed by atoms with van der Waals surface area (Å²) < 4.78 is 0. The molecule has 0 saturated carbocycles. The molecule has 2 amide bonds. The molecule has 110 valence electrons. The number of hydrogen-bond donors (Lipinski definition) is 3. The normalized spacial score (nSPS) is 10.4. The van der Waals surface area contributed by atoms with E-state index in [0.29, 0.717) is 0 Å². The van der Waals surface area contributed by atoms with Crippen molar-refractivity contribution in [1.29, 1.82) is 0 Å². The Kier molecular flexibility index (Phi) is 4.37. The molecule has 0 saturated heterocycles. The SMILES string of the molecule is NC(=O)N(c1ccc(Cl)c(O)c1)c1cc(Cl)c(Cl)cc1O. The number of urea groups is 1. The van der Waals surface area contributed by atoms with Crippen LogP contribution in [0.3, 0.4) is 0 Å². The van der Waals surface area contributed by atoms with Gasteiger partial charge in [0.2, 0.25) is 0 Å². The summed E-state index contributed by atoms with van der Waals surface area (Å²) in [6.45, 7) is 0. The molecular weight excluding hydrogens is 339 g/mol. The van der Waals surface area contributed by atoms with E-state index in [1.807, 2.05) is 0 Å². The summed E-state index contributed by atoms with van der Waals surface area (Å²) in [7, 11) is 0. The van der Waals surface area contributed by atoms with Crippen LogP contribution in [0, 0.1) is 0 Å². The van der Waals surface area contributed by atoms with Gasteiger partial charge in [-0.05, 0) is 18.2 Å². The third-order valence-electron chi connectivity index (χ3n) is 2.67. The minimum atomic E-state index is -0.884. The third kappa shape index (κ3) is 3.10. The van der Waals surface area contributed by atoms with Crippen LogP contribution < -0.4 is 10.6 Å². The molecule has 0 heterocycles. The maximum atomic E-state index is 11.7. The van der Waals surface area contributed by atoms with E-state index in [4.69, 9.17) is 40.5 Å². The van der Waals surface area contributed by atoms with Gasteiger partial charge in [0.05, 0.1) is 26.4 Å². The van der Waals surface area contributed by atoms with Gasteiger partial charge >= 0.3 is 6.03 Å². The molecule has 0 bridgehead atoms. The molecular formula is C13H9Cl3N2O3. The number of phenols is 2. The number of hydrogen-bond acceptors (Lipinski definition) is 3. The Labute approximate surface area is 135 Å². The molecule has 0 atom stereocenters. The van der Waals surface area contributed by atoms with Crippen molar-refractivity contribution in [2.75, 3.05) is 4.90 Å². The molecule has 21 heavy (non-hydrogen) atoms. The highest BCUT2D eigenvalue weighted by molar-refractivity contribution is 6.42. The monoisotopic (exact) mass is 346 g/mol. The Morgan fingerprint density at radius 2 is 1.57 bits per heavy atom. The number of carbonyl (C=O) groups is 1. The van der Waals surface area contributed by atoms with Crippen molar-refractivity contribution >= 4 is 52.2 Å². The number of rotatable bonds is 2. The molecule has 4 N–H and O–H groups in total. The number of carbonyl (C=O) groups excluding carboxylic acids is 1. The summed E-state index contributed by atoms with van der Waals surface area (Å²) in [6.07, 6.45) is 0. The van der Waals surface area contributed by atoms with E-state index in [9.17, 15) is 15.0 Å². The maximum absolute atomic E-state index is 11.7. The van der Waals surface area contributed by atoms with Crippen molar-refractivity contribution < 1.29 is 15.0 Å². The highest BCUT2D eigenvalue weighted by Gasteiger charge is 2.21. The zero-order chi connectivity index (χ0) is 15.7. The van der Waals surface area contributed by atoms with E-state index in [2.05, 4.69) is 0 Å². The van der Waals surface area contributed by atoms with Gasteiger partial charge in [0.15, 0.2) is 0 Å². The van der Waals surface area contributed by atoms with E-state index in [-0.39, 0.29) is 37.9 Å².